The molecule has 212 valence electrons. The van der Waals surface area contributed by atoms with Gasteiger partial charge in [-0.3, -0.25) is 14.5 Å². The van der Waals surface area contributed by atoms with Gasteiger partial charge in [-0.15, -0.1) is 11.8 Å². The van der Waals surface area contributed by atoms with Gasteiger partial charge in [-0.1, -0.05) is 32.9 Å². The monoisotopic (exact) mass is 560 g/mol. The number of likely N-dealkylation sites (N-methyl/N-ethyl adjacent to an activating group) is 1. The van der Waals surface area contributed by atoms with Crippen molar-refractivity contribution in [2.45, 2.75) is 55.8 Å². The number of hydrogen-bond acceptors (Lipinski definition) is 7. The summed E-state index contributed by atoms with van der Waals surface area (Å²) in [5, 5.41) is 6.58. The zero-order valence-corrected chi connectivity index (χ0v) is 24.9. The Morgan fingerprint density at radius 2 is 1.75 bits per heavy atom. The summed E-state index contributed by atoms with van der Waals surface area (Å²) in [6, 6.07) is 15.7. The smallest absolute Gasteiger partial charge is 0.258 e. The lowest BCUT2D eigenvalue weighted by Gasteiger charge is -2.34. The van der Waals surface area contributed by atoms with E-state index in [1.165, 1.54) is 17.3 Å². The third kappa shape index (κ3) is 8.36. The van der Waals surface area contributed by atoms with Crippen LogP contribution in [0, 0.1) is 0 Å². The Balaban J connectivity index is 1.33. The van der Waals surface area contributed by atoms with Crippen molar-refractivity contribution >= 4 is 35.1 Å². The summed E-state index contributed by atoms with van der Waals surface area (Å²) in [7, 11) is 4.15. The molecule has 40 heavy (non-hydrogen) atoms. The van der Waals surface area contributed by atoms with Crippen molar-refractivity contribution < 1.29 is 9.59 Å². The molecule has 1 aliphatic rings. The Bertz CT molecular complexity index is 1300. The van der Waals surface area contributed by atoms with E-state index in [0.29, 0.717) is 34.7 Å². The first-order chi connectivity index (χ1) is 19.1. The van der Waals surface area contributed by atoms with Crippen LogP contribution in [-0.4, -0.2) is 71.4 Å². The molecule has 2 N–H and O–H groups in total. The number of carbonyl (C=O) groups is 2. The summed E-state index contributed by atoms with van der Waals surface area (Å²) in [6.45, 7) is 8.93. The fourth-order valence-electron chi connectivity index (χ4n) is 4.69. The van der Waals surface area contributed by atoms with Crippen molar-refractivity contribution in [3.8, 4) is 0 Å². The predicted octanol–water partition coefficient (Wildman–Crippen LogP) is 5.28. The lowest BCUT2D eigenvalue weighted by atomic mass is 9.87. The van der Waals surface area contributed by atoms with E-state index in [1.54, 1.807) is 24.5 Å². The number of aromatic nitrogens is 2. The van der Waals surface area contributed by atoms with Crippen LogP contribution in [-0.2, 0) is 16.0 Å². The first kappa shape index (κ1) is 29.7. The normalized spacial score (nSPS) is 14.8. The lowest BCUT2D eigenvalue weighted by molar-refractivity contribution is -0.117. The Morgan fingerprint density at radius 1 is 1.02 bits per heavy atom. The highest BCUT2D eigenvalue weighted by Crippen LogP contribution is 2.27. The number of hydrogen-bond donors (Lipinski definition) is 2. The standard InChI is InChI=1S/C31H40N6O2S/c1-31(2,3)23-8-10-24(11-9-23)34-29(39)26-7-6-15-33-30(26)40-21-22-12-16-32-27(19-22)35-28(38)20-37(5)25-13-17-36(4)18-14-25/h6-12,15-16,19,25H,13-14,17-18,20-21H2,1-5H3,(H,34,39)(H,32,35,38). The number of pyridine rings is 2. The molecule has 0 unspecified atom stereocenters. The van der Waals surface area contributed by atoms with Crippen LogP contribution in [0.15, 0.2) is 66.0 Å². The number of nitrogens with one attached hydrogen (secondary N) is 2. The summed E-state index contributed by atoms with van der Waals surface area (Å²) in [5.41, 5.74) is 3.50. The molecule has 0 saturated carbocycles. The molecule has 0 spiro atoms. The van der Waals surface area contributed by atoms with Crippen LogP contribution in [0.4, 0.5) is 11.5 Å². The van der Waals surface area contributed by atoms with Crippen LogP contribution in [0.1, 0.15) is 55.1 Å². The van der Waals surface area contributed by atoms with E-state index in [-0.39, 0.29) is 17.2 Å². The molecule has 1 aromatic carbocycles. The largest absolute Gasteiger partial charge is 0.322 e. The van der Waals surface area contributed by atoms with E-state index in [4.69, 9.17) is 0 Å². The average Bonchev–Trinajstić information content (AvgIpc) is 2.92. The number of carbonyl (C=O) groups excluding carboxylic acids is 2. The quantitative estimate of drug-likeness (QED) is 0.344. The van der Waals surface area contributed by atoms with E-state index < -0.39 is 0 Å². The summed E-state index contributed by atoms with van der Waals surface area (Å²) >= 11 is 1.48. The van der Waals surface area contributed by atoms with Crippen molar-refractivity contribution in [1.29, 1.82) is 0 Å². The van der Waals surface area contributed by atoms with Crippen molar-refractivity contribution in [3.63, 3.8) is 0 Å². The molecule has 3 heterocycles. The molecule has 2 amide bonds. The number of rotatable bonds is 9. The highest BCUT2D eigenvalue weighted by Gasteiger charge is 2.22. The molecule has 1 fully saturated rings. The SMILES string of the molecule is CN1CCC(N(C)CC(=O)Nc2cc(CSc3ncccc3C(=O)Nc3ccc(C(C)(C)C)cc3)ccn2)CC1. The van der Waals surface area contributed by atoms with Gasteiger partial charge in [0.25, 0.3) is 5.91 Å². The molecule has 0 radical (unpaired) electrons. The molecule has 2 aromatic heterocycles. The number of thioether (sulfide) groups is 1. The molecular weight excluding hydrogens is 520 g/mol. The first-order valence-corrected chi connectivity index (χ1v) is 14.7. The highest BCUT2D eigenvalue weighted by molar-refractivity contribution is 7.98. The van der Waals surface area contributed by atoms with E-state index in [9.17, 15) is 9.59 Å². The summed E-state index contributed by atoms with van der Waals surface area (Å²) < 4.78 is 0. The van der Waals surface area contributed by atoms with Gasteiger partial charge >= 0.3 is 0 Å². The van der Waals surface area contributed by atoms with Crippen molar-refractivity contribution in [2.24, 2.45) is 0 Å². The fourth-order valence-corrected chi connectivity index (χ4v) is 5.62. The number of likely N-dealkylation sites (tertiary alicyclic amines) is 1. The third-order valence-electron chi connectivity index (χ3n) is 7.20. The van der Waals surface area contributed by atoms with Gasteiger partial charge in [0.15, 0.2) is 0 Å². The molecule has 9 heteroatoms. The van der Waals surface area contributed by atoms with Crippen LogP contribution in [0.25, 0.3) is 0 Å². The number of nitrogens with zero attached hydrogens (tertiary/aromatic N) is 4. The number of piperidine rings is 1. The Kier molecular flexibility index (Phi) is 9.95. The minimum atomic E-state index is -0.199. The average molecular weight is 561 g/mol. The molecule has 0 atom stereocenters. The lowest BCUT2D eigenvalue weighted by Crippen LogP contribution is -2.44. The summed E-state index contributed by atoms with van der Waals surface area (Å²) in [4.78, 5) is 39.0. The Hall–Kier alpha value is -3.27. The van der Waals surface area contributed by atoms with E-state index in [0.717, 1.165) is 37.2 Å². The van der Waals surface area contributed by atoms with Gasteiger partial charge in [0.2, 0.25) is 5.91 Å². The van der Waals surface area contributed by atoms with Crippen LogP contribution in [0.5, 0.6) is 0 Å². The zero-order valence-electron chi connectivity index (χ0n) is 24.1. The van der Waals surface area contributed by atoms with E-state index in [2.05, 4.69) is 58.2 Å². The summed E-state index contributed by atoms with van der Waals surface area (Å²) in [6.07, 6.45) is 5.53. The first-order valence-electron chi connectivity index (χ1n) is 13.7. The molecule has 4 rings (SSSR count). The molecule has 8 nitrogen and oxygen atoms in total. The van der Waals surface area contributed by atoms with Crippen molar-refractivity contribution in [2.75, 3.05) is 44.4 Å². The molecular formula is C31H40N6O2S. The maximum Gasteiger partial charge on any atom is 0.258 e. The third-order valence-corrected chi connectivity index (χ3v) is 8.27. The minimum Gasteiger partial charge on any atom is -0.322 e. The van der Waals surface area contributed by atoms with E-state index >= 15 is 0 Å². The fraction of sp³-hybridized carbons (Fsp3) is 0.419. The molecule has 0 bridgehead atoms. The molecule has 0 aliphatic carbocycles. The van der Waals surface area contributed by atoms with Gasteiger partial charge in [-0.2, -0.15) is 0 Å². The van der Waals surface area contributed by atoms with Crippen molar-refractivity contribution in [1.82, 2.24) is 19.8 Å². The number of amides is 2. The second-order valence-corrected chi connectivity index (χ2v) is 12.4. The van der Waals surface area contributed by atoms with Crippen LogP contribution >= 0.6 is 11.8 Å². The minimum absolute atomic E-state index is 0.0498. The Morgan fingerprint density at radius 3 is 2.45 bits per heavy atom. The van der Waals surface area contributed by atoms with Gasteiger partial charge < -0.3 is 15.5 Å². The van der Waals surface area contributed by atoms with Crippen LogP contribution < -0.4 is 10.6 Å². The Labute approximate surface area is 242 Å². The van der Waals surface area contributed by atoms with Gasteiger partial charge in [0.1, 0.15) is 10.8 Å². The van der Waals surface area contributed by atoms with Crippen molar-refractivity contribution in [3.05, 3.63) is 77.6 Å². The highest BCUT2D eigenvalue weighted by atomic mass is 32.2. The van der Waals surface area contributed by atoms with Crippen LogP contribution in [0.3, 0.4) is 0 Å². The molecule has 1 aliphatic heterocycles. The zero-order chi connectivity index (χ0) is 28.7. The predicted molar refractivity (Wildman–Crippen MR) is 163 cm³/mol. The van der Waals surface area contributed by atoms with Gasteiger partial charge in [0, 0.05) is 29.9 Å². The maximum absolute atomic E-state index is 13.1. The topological polar surface area (TPSA) is 90.5 Å². The van der Waals surface area contributed by atoms with Crippen LogP contribution in [0.2, 0.25) is 0 Å². The molecule has 1 saturated heterocycles. The van der Waals surface area contributed by atoms with Gasteiger partial charge in [-0.25, -0.2) is 9.97 Å². The van der Waals surface area contributed by atoms with Gasteiger partial charge in [0.05, 0.1) is 12.1 Å². The second-order valence-electron chi connectivity index (χ2n) is 11.5. The maximum atomic E-state index is 13.1. The molecule has 3 aromatic rings. The summed E-state index contributed by atoms with van der Waals surface area (Å²) in [5.74, 6) is 0.837. The van der Waals surface area contributed by atoms with Gasteiger partial charge in [-0.05, 0) is 93.0 Å². The van der Waals surface area contributed by atoms with E-state index in [1.807, 2.05) is 43.4 Å². The second kappa shape index (κ2) is 13.4. The number of anilines is 2. The number of benzene rings is 1.